The second-order valence-corrected chi connectivity index (χ2v) is 10.1. The summed E-state index contributed by atoms with van der Waals surface area (Å²) in [5.74, 6) is -2.25. The number of ether oxygens (including phenoxy) is 2. The molecule has 2 rings (SSSR count). The smallest absolute Gasteiger partial charge is 0.407 e. The molecule has 1 unspecified atom stereocenters. The molecule has 1 atom stereocenters. The summed E-state index contributed by atoms with van der Waals surface area (Å²) >= 11 is 0. The number of alkyl carbamates (subject to hydrolysis) is 1. The summed E-state index contributed by atoms with van der Waals surface area (Å²) in [6, 6.07) is 12.0. The number of carboxylic acids is 2. The number of carbonyl (C=O) groups excluding carboxylic acids is 2. The van der Waals surface area contributed by atoms with E-state index in [1.165, 1.54) is 12.1 Å². The Morgan fingerprint density at radius 1 is 0.897 bits per heavy atom. The van der Waals surface area contributed by atoms with Gasteiger partial charge in [-0.3, -0.25) is 4.79 Å². The average Bonchev–Trinajstić information content (AvgIpc) is 2.85. The second kappa shape index (κ2) is 15.4. The lowest BCUT2D eigenvalue weighted by atomic mass is 10.0. The SMILES string of the molecule is CC(C)(C)OC(=O)NCCCCCCOc1ccc(CC(NC(=O)Cc2ccccc2C(=O)O)C(=O)O)cc1. The molecular weight excluding hydrogens is 504 g/mol. The van der Waals surface area contributed by atoms with Gasteiger partial charge in [0.05, 0.1) is 18.6 Å². The molecule has 0 heterocycles. The van der Waals surface area contributed by atoms with Crippen molar-refractivity contribution >= 4 is 23.9 Å². The van der Waals surface area contributed by atoms with Crippen LogP contribution in [0.4, 0.5) is 4.79 Å². The van der Waals surface area contributed by atoms with E-state index >= 15 is 0 Å². The first kappa shape index (κ1) is 31.1. The fourth-order valence-electron chi connectivity index (χ4n) is 3.73. The first-order valence-electron chi connectivity index (χ1n) is 13.0. The lowest BCUT2D eigenvalue weighted by Crippen LogP contribution is -2.43. The normalized spacial score (nSPS) is 11.8. The van der Waals surface area contributed by atoms with Gasteiger partial charge in [0.1, 0.15) is 17.4 Å². The summed E-state index contributed by atoms with van der Waals surface area (Å²) < 4.78 is 10.9. The molecule has 0 aliphatic rings. The lowest BCUT2D eigenvalue weighted by Gasteiger charge is -2.19. The van der Waals surface area contributed by atoms with Crippen LogP contribution in [0.25, 0.3) is 0 Å². The Morgan fingerprint density at radius 2 is 1.56 bits per heavy atom. The maximum Gasteiger partial charge on any atom is 0.407 e. The minimum atomic E-state index is -1.18. The quantitative estimate of drug-likeness (QED) is 0.244. The van der Waals surface area contributed by atoms with Crippen LogP contribution in [0, 0.1) is 0 Å². The third-order valence-electron chi connectivity index (χ3n) is 5.60. The van der Waals surface area contributed by atoms with E-state index in [4.69, 9.17) is 9.47 Å². The van der Waals surface area contributed by atoms with Crippen molar-refractivity contribution in [1.29, 1.82) is 0 Å². The Labute approximate surface area is 228 Å². The number of rotatable bonds is 15. The number of aromatic carboxylic acids is 1. The van der Waals surface area contributed by atoms with Crippen LogP contribution in [-0.4, -0.2) is 58.9 Å². The summed E-state index contributed by atoms with van der Waals surface area (Å²) in [6.07, 6.45) is 3.02. The molecule has 0 saturated heterocycles. The van der Waals surface area contributed by atoms with E-state index in [2.05, 4.69) is 10.6 Å². The number of carbonyl (C=O) groups is 4. The molecule has 39 heavy (non-hydrogen) atoms. The van der Waals surface area contributed by atoms with Gasteiger partial charge in [-0.25, -0.2) is 14.4 Å². The first-order valence-corrected chi connectivity index (χ1v) is 13.0. The Bertz CT molecular complexity index is 1110. The Balaban J connectivity index is 1.71. The molecule has 0 radical (unpaired) electrons. The topological polar surface area (TPSA) is 151 Å². The van der Waals surface area contributed by atoms with E-state index in [-0.39, 0.29) is 18.4 Å². The largest absolute Gasteiger partial charge is 0.494 e. The van der Waals surface area contributed by atoms with Gasteiger partial charge >= 0.3 is 18.0 Å². The van der Waals surface area contributed by atoms with Crippen molar-refractivity contribution in [2.45, 2.75) is 70.9 Å². The molecule has 2 aromatic rings. The van der Waals surface area contributed by atoms with Crippen LogP contribution in [-0.2, 0) is 27.2 Å². The Morgan fingerprint density at radius 3 is 2.21 bits per heavy atom. The van der Waals surface area contributed by atoms with E-state index in [9.17, 15) is 29.4 Å². The maximum atomic E-state index is 12.4. The van der Waals surface area contributed by atoms with Gasteiger partial charge in [-0.2, -0.15) is 0 Å². The number of unbranched alkanes of at least 4 members (excludes halogenated alkanes) is 3. The van der Waals surface area contributed by atoms with E-state index in [1.54, 1.807) is 36.4 Å². The van der Waals surface area contributed by atoms with Crippen LogP contribution < -0.4 is 15.4 Å². The van der Waals surface area contributed by atoms with Gasteiger partial charge in [0.2, 0.25) is 5.91 Å². The van der Waals surface area contributed by atoms with Gasteiger partial charge in [0.15, 0.2) is 0 Å². The highest BCUT2D eigenvalue weighted by Gasteiger charge is 2.22. The van der Waals surface area contributed by atoms with Crippen molar-refractivity contribution in [3.63, 3.8) is 0 Å². The highest BCUT2D eigenvalue weighted by atomic mass is 16.6. The second-order valence-electron chi connectivity index (χ2n) is 10.1. The molecule has 0 fully saturated rings. The minimum Gasteiger partial charge on any atom is -0.494 e. The van der Waals surface area contributed by atoms with E-state index < -0.39 is 35.6 Å². The first-order chi connectivity index (χ1) is 18.4. The number of benzene rings is 2. The predicted molar refractivity (Wildman–Crippen MR) is 145 cm³/mol. The van der Waals surface area contributed by atoms with Gasteiger partial charge in [0.25, 0.3) is 0 Å². The zero-order valence-corrected chi connectivity index (χ0v) is 22.7. The van der Waals surface area contributed by atoms with Crippen LogP contribution in [0.5, 0.6) is 5.75 Å². The number of hydrogen-bond acceptors (Lipinski definition) is 6. The fourth-order valence-corrected chi connectivity index (χ4v) is 3.73. The highest BCUT2D eigenvalue weighted by molar-refractivity contribution is 5.92. The van der Waals surface area contributed by atoms with Crippen molar-refractivity contribution in [2.24, 2.45) is 0 Å². The molecule has 0 saturated carbocycles. The zero-order chi connectivity index (χ0) is 28.8. The molecule has 4 N–H and O–H groups in total. The number of hydrogen-bond donors (Lipinski definition) is 4. The molecule has 0 bridgehead atoms. The third-order valence-corrected chi connectivity index (χ3v) is 5.60. The Hall–Kier alpha value is -4.08. The standard InChI is InChI=1S/C29H38N2O8/c1-29(2,3)39-28(37)30-16-8-4-5-9-17-38-22-14-12-20(13-15-22)18-24(27(35)36)31-25(32)19-21-10-6-7-11-23(21)26(33)34/h6-7,10-15,24H,4-5,8-9,16-19H2,1-3H3,(H,30,37)(H,31,32)(H,33,34)(H,35,36). The number of amides is 2. The molecular formula is C29H38N2O8. The van der Waals surface area contributed by atoms with Crippen LogP contribution in [0.2, 0.25) is 0 Å². The van der Waals surface area contributed by atoms with E-state index in [0.29, 0.717) is 30.0 Å². The molecule has 10 nitrogen and oxygen atoms in total. The highest BCUT2D eigenvalue weighted by Crippen LogP contribution is 2.15. The molecule has 0 aromatic heterocycles. The van der Waals surface area contributed by atoms with E-state index in [0.717, 1.165) is 25.7 Å². The molecule has 0 spiro atoms. The summed E-state index contributed by atoms with van der Waals surface area (Å²) in [7, 11) is 0. The van der Waals surface area contributed by atoms with Crippen LogP contribution in [0.1, 0.15) is 67.9 Å². The zero-order valence-electron chi connectivity index (χ0n) is 22.7. The molecule has 2 aromatic carbocycles. The van der Waals surface area contributed by atoms with Crippen LogP contribution >= 0.6 is 0 Å². The van der Waals surface area contributed by atoms with Crippen molar-refractivity contribution in [3.05, 3.63) is 65.2 Å². The Kier molecular flexibility index (Phi) is 12.3. The summed E-state index contributed by atoms with van der Waals surface area (Å²) in [6.45, 7) is 6.55. The van der Waals surface area contributed by atoms with Crippen molar-refractivity contribution in [2.75, 3.05) is 13.2 Å². The number of aliphatic carboxylic acids is 1. The number of nitrogens with one attached hydrogen (secondary N) is 2. The fraction of sp³-hybridized carbons (Fsp3) is 0.448. The lowest BCUT2D eigenvalue weighted by molar-refractivity contribution is -0.141. The predicted octanol–water partition coefficient (Wildman–Crippen LogP) is 4.20. The van der Waals surface area contributed by atoms with Gasteiger partial charge < -0.3 is 30.3 Å². The molecule has 10 heteroatoms. The molecule has 2 amide bonds. The maximum absolute atomic E-state index is 12.4. The molecule has 0 aliphatic heterocycles. The number of carboxylic acid groups (broad SMARTS) is 2. The summed E-state index contributed by atoms with van der Waals surface area (Å²) in [4.78, 5) is 47.1. The van der Waals surface area contributed by atoms with Crippen LogP contribution in [0.3, 0.4) is 0 Å². The van der Waals surface area contributed by atoms with Crippen LogP contribution in [0.15, 0.2) is 48.5 Å². The van der Waals surface area contributed by atoms with Crippen molar-refractivity contribution in [1.82, 2.24) is 10.6 Å². The average molecular weight is 543 g/mol. The summed E-state index contributed by atoms with van der Waals surface area (Å²) in [5, 5.41) is 24.1. The molecule has 0 aliphatic carbocycles. The van der Waals surface area contributed by atoms with E-state index in [1.807, 2.05) is 20.8 Å². The van der Waals surface area contributed by atoms with Gasteiger partial charge in [-0.15, -0.1) is 0 Å². The van der Waals surface area contributed by atoms with Crippen molar-refractivity contribution in [3.8, 4) is 5.75 Å². The third kappa shape index (κ3) is 12.3. The van der Waals surface area contributed by atoms with Gasteiger partial charge in [-0.1, -0.05) is 43.2 Å². The van der Waals surface area contributed by atoms with Crippen molar-refractivity contribution < 1.29 is 38.9 Å². The van der Waals surface area contributed by atoms with Gasteiger partial charge in [0, 0.05) is 13.0 Å². The molecule has 212 valence electrons. The minimum absolute atomic E-state index is 0.00492. The monoisotopic (exact) mass is 542 g/mol. The summed E-state index contributed by atoms with van der Waals surface area (Å²) in [5.41, 5.74) is 0.514. The van der Waals surface area contributed by atoms with Gasteiger partial charge in [-0.05, 0) is 62.9 Å².